The smallest absolute Gasteiger partial charge is 0.274 e. The number of nitrogens with zero attached hydrogens (tertiary/aromatic N) is 1. The van der Waals surface area contributed by atoms with Crippen LogP contribution >= 0.6 is 0 Å². The van der Waals surface area contributed by atoms with Crippen molar-refractivity contribution in [1.82, 2.24) is 9.55 Å². The van der Waals surface area contributed by atoms with Crippen LogP contribution in [0.4, 0.5) is 0 Å². The van der Waals surface area contributed by atoms with E-state index in [1.165, 1.54) is 10.6 Å². The molecule has 1 aromatic carbocycles. The van der Waals surface area contributed by atoms with E-state index in [1.54, 1.807) is 6.92 Å². The number of rotatable bonds is 1. The summed E-state index contributed by atoms with van der Waals surface area (Å²) in [4.78, 5) is 25.0. The zero-order valence-electron chi connectivity index (χ0n) is 9.15. The van der Waals surface area contributed by atoms with Crippen LogP contribution in [0.2, 0.25) is 0 Å². The fourth-order valence-corrected chi connectivity index (χ4v) is 1.70. The van der Waals surface area contributed by atoms with Gasteiger partial charge in [0.15, 0.2) is 0 Å². The normalized spacial score (nSPS) is 10.4. The van der Waals surface area contributed by atoms with Crippen molar-refractivity contribution in [2.45, 2.75) is 13.8 Å². The molecule has 0 spiro atoms. The van der Waals surface area contributed by atoms with Gasteiger partial charge in [-0.15, -0.1) is 0 Å². The Labute approximate surface area is 92.2 Å². The molecule has 1 aromatic heterocycles. The molecular weight excluding hydrogens is 204 g/mol. The highest BCUT2D eigenvalue weighted by molar-refractivity contribution is 5.36. The third-order valence-electron chi connectivity index (χ3n) is 2.39. The largest absolute Gasteiger partial charge is 0.333 e. The molecule has 4 nitrogen and oxygen atoms in total. The molecule has 2 rings (SSSR count). The van der Waals surface area contributed by atoms with Crippen molar-refractivity contribution in [2.75, 3.05) is 0 Å². The Bertz CT molecular complexity index is 638. The van der Waals surface area contributed by atoms with Crippen LogP contribution in [-0.4, -0.2) is 9.55 Å². The second-order valence-electron chi connectivity index (χ2n) is 3.75. The highest BCUT2D eigenvalue weighted by Crippen LogP contribution is 2.08. The van der Waals surface area contributed by atoms with Gasteiger partial charge in [-0.05, 0) is 31.5 Å². The number of aromatic amines is 1. The molecular formula is C12H12N2O2. The fraction of sp³-hybridized carbons (Fsp3) is 0.167. The number of aryl methyl sites for hydroxylation is 2. The number of hydrogen-bond acceptors (Lipinski definition) is 2. The predicted octanol–water partition coefficient (Wildman–Crippen LogP) is 1.14. The number of H-pyrrole nitrogens is 1. The molecule has 16 heavy (non-hydrogen) atoms. The number of aromatic nitrogens is 2. The highest BCUT2D eigenvalue weighted by Gasteiger charge is 2.04. The van der Waals surface area contributed by atoms with E-state index < -0.39 is 5.69 Å². The van der Waals surface area contributed by atoms with Crippen molar-refractivity contribution in [3.8, 4) is 5.69 Å². The summed E-state index contributed by atoms with van der Waals surface area (Å²) in [7, 11) is 0. The topological polar surface area (TPSA) is 54.9 Å². The SMILES string of the molecule is Cc1cccc(-n2c(C)cc(=O)[nH]c2=O)c1. The summed E-state index contributed by atoms with van der Waals surface area (Å²) in [6.07, 6.45) is 0. The van der Waals surface area contributed by atoms with Crippen LogP contribution in [0.5, 0.6) is 0 Å². The minimum Gasteiger partial charge on any atom is -0.274 e. The van der Waals surface area contributed by atoms with Gasteiger partial charge in [0.1, 0.15) is 0 Å². The van der Waals surface area contributed by atoms with Crippen molar-refractivity contribution >= 4 is 0 Å². The molecule has 4 heteroatoms. The van der Waals surface area contributed by atoms with E-state index in [9.17, 15) is 9.59 Å². The molecule has 0 atom stereocenters. The van der Waals surface area contributed by atoms with Crippen LogP contribution in [0.25, 0.3) is 5.69 Å². The molecule has 0 bridgehead atoms. The zero-order valence-corrected chi connectivity index (χ0v) is 9.15. The average Bonchev–Trinajstić information content (AvgIpc) is 2.15. The Balaban J connectivity index is 2.74. The third kappa shape index (κ3) is 1.82. The van der Waals surface area contributed by atoms with Gasteiger partial charge in [-0.3, -0.25) is 14.3 Å². The van der Waals surface area contributed by atoms with E-state index in [2.05, 4.69) is 4.98 Å². The maximum atomic E-state index is 11.7. The van der Waals surface area contributed by atoms with Crippen LogP contribution in [0, 0.1) is 13.8 Å². The molecule has 0 amide bonds. The van der Waals surface area contributed by atoms with Crippen molar-refractivity contribution in [1.29, 1.82) is 0 Å². The quantitative estimate of drug-likeness (QED) is 0.777. The predicted molar refractivity (Wildman–Crippen MR) is 62.1 cm³/mol. The van der Waals surface area contributed by atoms with Gasteiger partial charge in [0.2, 0.25) is 0 Å². The van der Waals surface area contributed by atoms with E-state index in [4.69, 9.17) is 0 Å². The lowest BCUT2D eigenvalue weighted by Gasteiger charge is -2.08. The molecule has 0 unspecified atom stereocenters. The van der Waals surface area contributed by atoms with E-state index in [0.29, 0.717) is 5.69 Å². The third-order valence-corrected chi connectivity index (χ3v) is 2.39. The first-order chi connectivity index (χ1) is 7.58. The number of benzene rings is 1. The Morgan fingerprint density at radius 2 is 1.88 bits per heavy atom. The summed E-state index contributed by atoms with van der Waals surface area (Å²) in [5.74, 6) is 0. The van der Waals surface area contributed by atoms with Crippen molar-refractivity contribution in [3.05, 3.63) is 62.4 Å². The molecule has 1 heterocycles. The van der Waals surface area contributed by atoms with Gasteiger partial charge in [0, 0.05) is 11.8 Å². The molecule has 0 fully saturated rings. The van der Waals surface area contributed by atoms with Crippen LogP contribution in [0.15, 0.2) is 39.9 Å². The Kier molecular flexibility index (Phi) is 2.48. The first kappa shape index (κ1) is 10.4. The molecule has 82 valence electrons. The lowest BCUT2D eigenvalue weighted by Crippen LogP contribution is -2.29. The summed E-state index contributed by atoms with van der Waals surface area (Å²) in [6, 6.07) is 8.97. The van der Waals surface area contributed by atoms with Gasteiger partial charge in [-0.1, -0.05) is 12.1 Å². The van der Waals surface area contributed by atoms with Gasteiger partial charge in [0.05, 0.1) is 5.69 Å². The van der Waals surface area contributed by atoms with Gasteiger partial charge in [-0.2, -0.15) is 0 Å². The van der Waals surface area contributed by atoms with Crippen LogP contribution < -0.4 is 11.2 Å². The molecule has 0 saturated heterocycles. The second-order valence-corrected chi connectivity index (χ2v) is 3.75. The van der Waals surface area contributed by atoms with E-state index in [1.807, 2.05) is 31.2 Å². The maximum Gasteiger partial charge on any atom is 0.333 e. The lowest BCUT2D eigenvalue weighted by molar-refractivity contribution is 0.855. The summed E-state index contributed by atoms with van der Waals surface area (Å²) in [6.45, 7) is 3.69. The average molecular weight is 216 g/mol. The van der Waals surface area contributed by atoms with Crippen LogP contribution in [0.1, 0.15) is 11.3 Å². The molecule has 0 aliphatic rings. The first-order valence-corrected chi connectivity index (χ1v) is 4.98. The monoisotopic (exact) mass is 216 g/mol. The van der Waals surface area contributed by atoms with Crippen LogP contribution in [0.3, 0.4) is 0 Å². The van der Waals surface area contributed by atoms with Gasteiger partial charge in [0.25, 0.3) is 5.56 Å². The Hall–Kier alpha value is -2.10. The van der Waals surface area contributed by atoms with Crippen molar-refractivity contribution < 1.29 is 0 Å². The van der Waals surface area contributed by atoms with E-state index in [-0.39, 0.29) is 5.56 Å². The zero-order chi connectivity index (χ0) is 11.7. The summed E-state index contributed by atoms with van der Waals surface area (Å²) >= 11 is 0. The first-order valence-electron chi connectivity index (χ1n) is 4.98. The summed E-state index contributed by atoms with van der Waals surface area (Å²) in [5, 5.41) is 0. The standard InChI is InChI=1S/C12H12N2O2/c1-8-4-3-5-10(6-8)14-9(2)7-11(15)13-12(14)16/h3-7H,1-2H3,(H,13,15,16). The Morgan fingerprint density at radius 1 is 1.12 bits per heavy atom. The van der Waals surface area contributed by atoms with Gasteiger partial charge in [-0.25, -0.2) is 4.79 Å². The molecule has 0 aliphatic heterocycles. The summed E-state index contributed by atoms with van der Waals surface area (Å²) < 4.78 is 1.48. The maximum absolute atomic E-state index is 11.7. The van der Waals surface area contributed by atoms with Crippen molar-refractivity contribution in [3.63, 3.8) is 0 Å². The van der Waals surface area contributed by atoms with E-state index in [0.717, 1.165) is 11.3 Å². The Morgan fingerprint density at radius 3 is 2.50 bits per heavy atom. The molecule has 2 aromatic rings. The van der Waals surface area contributed by atoms with E-state index >= 15 is 0 Å². The molecule has 0 radical (unpaired) electrons. The molecule has 0 aliphatic carbocycles. The summed E-state index contributed by atoms with van der Waals surface area (Å²) in [5.41, 5.74) is 1.68. The van der Waals surface area contributed by atoms with Gasteiger partial charge >= 0.3 is 5.69 Å². The number of hydrogen-bond donors (Lipinski definition) is 1. The molecule has 1 N–H and O–H groups in total. The second kappa shape index (κ2) is 3.81. The number of nitrogens with one attached hydrogen (secondary N) is 1. The fourth-order valence-electron chi connectivity index (χ4n) is 1.70. The van der Waals surface area contributed by atoms with Crippen LogP contribution in [-0.2, 0) is 0 Å². The minimum absolute atomic E-state index is 0.369. The lowest BCUT2D eigenvalue weighted by atomic mass is 10.2. The van der Waals surface area contributed by atoms with Gasteiger partial charge < -0.3 is 0 Å². The molecule has 0 saturated carbocycles. The van der Waals surface area contributed by atoms with Crippen molar-refractivity contribution in [2.24, 2.45) is 0 Å². The minimum atomic E-state index is -0.407. The highest BCUT2D eigenvalue weighted by atomic mass is 16.2.